The molecule has 0 amide bonds. The second kappa shape index (κ2) is 4.83. The van der Waals surface area contributed by atoms with Gasteiger partial charge in [-0.15, -0.1) is 6.42 Å². The van der Waals surface area contributed by atoms with Crippen molar-refractivity contribution >= 4 is 28.4 Å². The number of nitrogens with zero attached hydrogens (tertiary/aromatic N) is 2. The number of hydrogen-bond donors (Lipinski definition) is 1. The molecule has 0 aliphatic carbocycles. The third-order valence-electron chi connectivity index (χ3n) is 1.75. The van der Waals surface area contributed by atoms with Gasteiger partial charge in [0.1, 0.15) is 11.9 Å². The largest absolute Gasteiger partial charge is 0.358 e. The summed E-state index contributed by atoms with van der Waals surface area (Å²) in [5.74, 6) is 3.00. The van der Waals surface area contributed by atoms with E-state index in [1.807, 2.05) is 6.92 Å². The summed E-state index contributed by atoms with van der Waals surface area (Å²) in [5, 5.41) is 11.8. The number of pyridine rings is 1. The average Bonchev–Trinajstić information content (AvgIpc) is 2.20. The number of terminal acetylenes is 1. The molecule has 0 unspecified atom stereocenters. The molecule has 70 valence electrons. The van der Waals surface area contributed by atoms with Gasteiger partial charge in [-0.05, 0) is 35.1 Å². The molecule has 0 aliphatic heterocycles. The summed E-state index contributed by atoms with van der Waals surface area (Å²) in [6.45, 7) is 2.27. The molecule has 0 bridgehead atoms. The minimum Gasteiger partial charge on any atom is -0.358 e. The maximum atomic E-state index is 8.94. The van der Waals surface area contributed by atoms with Crippen molar-refractivity contribution < 1.29 is 0 Å². The Kier molecular flexibility index (Phi) is 3.73. The van der Waals surface area contributed by atoms with Crippen molar-refractivity contribution in [1.29, 1.82) is 5.26 Å². The molecule has 1 rings (SSSR count). The van der Waals surface area contributed by atoms with Crippen LogP contribution in [0.15, 0.2) is 6.20 Å². The quantitative estimate of drug-likeness (QED) is 0.670. The molecule has 0 aromatic carbocycles. The maximum absolute atomic E-state index is 8.94. The summed E-state index contributed by atoms with van der Waals surface area (Å²) in [6, 6.07) is 2.12. The van der Waals surface area contributed by atoms with Crippen LogP contribution < -0.4 is 5.32 Å². The van der Waals surface area contributed by atoms with Gasteiger partial charge in [0.2, 0.25) is 0 Å². The monoisotopic (exact) mass is 297 g/mol. The van der Waals surface area contributed by atoms with Gasteiger partial charge in [0.05, 0.1) is 12.1 Å². The predicted octanol–water partition coefficient (Wildman–Crippen LogP) is 1.91. The fraction of sp³-hybridized carbons (Fsp3) is 0.200. The lowest BCUT2D eigenvalue weighted by atomic mass is 10.1. The Balaban J connectivity index is 3.14. The van der Waals surface area contributed by atoms with Crippen molar-refractivity contribution in [3.63, 3.8) is 0 Å². The molecule has 0 spiro atoms. The molecule has 0 atom stereocenters. The third kappa shape index (κ3) is 2.15. The second-order valence-corrected chi connectivity index (χ2v) is 3.79. The van der Waals surface area contributed by atoms with Gasteiger partial charge in [-0.3, -0.25) is 0 Å². The molecule has 0 fully saturated rings. The SMILES string of the molecule is C#CCNc1ncc(I)c(C)c1C#N. The Labute approximate surface area is 96.7 Å². The molecule has 1 aromatic heterocycles. The summed E-state index contributed by atoms with van der Waals surface area (Å²) < 4.78 is 0.977. The smallest absolute Gasteiger partial charge is 0.144 e. The van der Waals surface area contributed by atoms with E-state index in [0.29, 0.717) is 17.9 Å². The van der Waals surface area contributed by atoms with Crippen molar-refractivity contribution in [1.82, 2.24) is 4.98 Å². The summed E-state index contributed by atoms with van der Waals surface area (Å²) in [4.78, 5) is 4.11. The van der Waals surface area contributed by atoms with Crippen LogP contribution in [0.3, 0.4) is 0 Å². The second-order valence-electron chi connectivity index (χ2n) is 2.62. The Morgan fingerprint density at radius 2 is 2.43 bits per heavy atom. The molecule has 0 aliphatic rings. The van der Waals surface area contributed by atoms with Crippen molar-refractivity contribution in [3.8, 4) is 18.4 Å². The van der Waals surface area contributed by atoms with Gasteiger partial charge in [0.25, 0.3) is 0 Å². The van der Waals surface area contributed by atoms with E-state index in [2.05, 4.69) is 44.9 Å². The number of hydrogen-bond acceptors (Lipinski definition) is 3. The van der Waals surface area contributed by atoms with Crippen LogP contribution in [0, 0.1) is 34.2 Å². The lowest BCUT2D eigenvalue weighted by Crippen LogP contribution is -2.05. The summed E-state index contributed by atoms with van der Waals surface area (Å²) in [7, 11) is 0. The zero-order chi connectivity index (χ0) is 10.6. The Morgan fingerprint density at radius 3 is 3.00 bits per heavy atom. The number of nitrogens with one attached hydrogen (secondary N) is 1. The maximum Gasteiger partial charge on any atom is 0.144 e. The van der Waals surface area contributed by atoms with E-state index in [9.17, 15) is 0 Å². The van der Waals surface area contributed by atoms with Crippen molar-refractivity contribution in [2.24, 2.45) is 0 Å². The van der Waals surface area contributed by atoms with Gasteiger partial charge in [-0.2, -0.15) is 5.26 Å². The average molecular weight is 297 g/mol. The first-order valence-electron chi connectivity index (χ1n) is 3.93. The van der Waals surface area contributed by atoms with Crippen LogP contribution in [-0.2, 0) is 0 Å². The normalized spacial score (nSPS) is 8.86. The molecule has 0 saturated heterocycles. The van der Waals surface area contributed by atoms with Crippen molar-refractivity contribution in [3.05, 3.63) is 20.9 Å². The van der Waals surface area contributed by atoms with Crippen LogP contribution in [0.1, 0.15) is 11.1 Å². The minimum absolute atomic E-state index is 0.377. The highest BCUT2D eigenvalue weighted by molar-refractivity contribution is 14.1. The first-order chi connectivity index (χ1) is 6.70. The van der Waals surface area contributed by atoms with E-state index in [4.69, 9.17) is 11.7 Å². The highest BCUT2D eigenvalue weighted by atomic mass is 127. The summed E-state index contributed by atoms with van der Waals surface area (Å²) >= 11 is 2.15. The highest BCUT2D eigenvalue weighted by Crippen LogP contribution is 2.20. The van der Waals surface area contributed by atoms with Gasteiger partial charge in [-0.1, -0.05) is 5.92 Å². The molecule has 1 heterocycles. The minimum atomic E-state index is 0.377. The van der Waals surface area contributed by atoms with Crippen LogP contribution in [-0.4, -0.2) is 11.5 Å². The van der Waals surface area contributed by atoms with Crippen LogP contribution in [0.2, 0.25) is 0 Å². The van der Waals surface area contributed by atoms with Crippen LogP contribution in [0.4, 0.5) is 5.82 Å². The first-order valence-corrected chi connectivity index (χ1v) is 5.01. The molecule has 1 aromatic rings. The molecule has 3 nitrogen and oxygen atoms in total. The summed E-state index contributed by atoms with van der Waals surface area (Å²) in [6.07, 6.45) is 6.83. The Bertz CT molecular complexity index is 426. The number of halogens is 1. The fourth-order valence-corrected chi connectivity index (χ4v) is 1.39. The number of rotatable bonds is 2. The number of aromatic nitrogens is 1. The highest BCUT2D eigenvalue weighted by Gasteiger charge is 2.08. The van der Waals surface area contributed by atoms with E-state index in [1.165, 1.54) is 0 Å². The van der Waals surface area contributed by atoms with Crippen molar-refractivity contribution in [2.75, 3.05) is 11.9 Å². The standard InChI is InChI=1S/C10H8IN3/c1-3-4-13-10-8(5-12)7(2)9(11)6-14-10/h1,6H,4H2,2H3,(H,13,14). The third-order valence-corrected chi connectivity index (χ3v) is 2.83. The lowest BCUT2D eigenvalue weighted by molar-refractivity contribution is 1.19. The summed E-state index contributed by atoms with van der Waals surface area (Å²) in [5.41, 5.74) is 1.50. The van der Waals surface area contributed by atoms with E-state index >= 15 is 0 Å². The van der Waals surface area contributed by atoms with Gasteiger partial charge < -0.3 is 5.32 Å². The molecule has 4 heteroatoms. The predicted molar refractivity (Wildman–Crippen MR) is 63.7 cm³/mol. The van der Waals surface area contributed by atoms with E-state index in [-0.39, 0.29) is 0 Å². The zero-order valence-electron chi connectivity index (χ0n) is 7.63. The van der Waals surface area contributed by atoms with Gasteiger partial charge in [0.15, 0.2) is 0 Å². The van der Waals surface area contributed by atoms with Crippen LogP contribution in [0.25, 0.3) is 0 Å². The van der Waals surface area contributed by atoms with Gasteiger partial charge >= 0.3 is 0 Å². The molecular formula is C10H8IN3. The molecule has 0 saturated carbocycles. The van der Waals surface area contributed by atoms with E-state index in [0.717, 1.165) is 9.13 Å². The zero-order valence-corrected chi connectivity index (χ0v) is 9.79. The Morgan fingerprint density at radius 1 is 1.71 bits per heavy atom. The first kappa shape index (κ1) is 10.8. The van der Waals surface area contributed by atoms with Crippen molar-refractivity contribution in [2.45, 2.75) is 6.92 Å². The topological polar surface area (TPSA) is 48.7 Å². The van der Waals surface area contributed by atoms with Crippen LogP contribution in [0.5, 0.6) is 0 Å². The number of anilines is 1. The van der Waals surface area contributed by atoms with E-state index in [1.54, 1.807) is 6.20 Å². The molecular weight excluding hydrogens is 289 g/mol. The number of nitriles is 1. The van der Waals surface area contributed by atoms with Crippen LogP contribution >= 0.6 is 22.6 Å². The molecule has 1 N–H and O–H groups in total. The molecule has 0 radical (unpaired) electrons. The molecule has 14 heavy (non-hydrogen) atoms. The fourth-order valence-electron chi connectivity index (χ4n) is 0.985. The lowest BCUT2D eigenvalue weighted by Gasteiger charge is -2.07. The van der Waals surface area contributed by atoms with Gasteiger partial charge in [-0.25, -0.2) is 4.98 Å². The Hall–Kier alpha value is -1.27. The van der Waals surface area contributed by atoms with E-state index < -0.39 is 0 Å². The van der Waals surface area contributed by atoms with Gasteiger partial charge in [0, 0.05) is 9.77 Å².